The maximum absolute atomic E-state index is 12.3. The van der Waals surface area contributed by atoms with Gasteiger partial charge in [-0.3, -0.25) is 4.79 Å². The fourth-order valence-electron chi connectivity index (χ4n) is 3.58. The van der Waals surface area contributed by atoms with Gasteiger partial charge < -0.3 is 15.4 Å². The first-order valence-electron chi connectivity index (χ1n) is 9.56. The van der Waals surface area contributed by atoms with Crippen LogP contribution in [-0.2, 0) is 16.3 Å². The second-order valence-electron chi connectivity index (χ2n) is 7.33. The van der Waals surface area contributed by atoms with E-state index in [9.17, 15) is 18.3 Å². The SMILES string of the molecule is CS(=O)(=O)CCNCCc1ccc(-c2c(O)ccc3[nH]c(=O)c4sccc4c23)cc1. The van der Waals surface area contributed by atoms with Gasteiger partial charge in [0, 0.05) is 34.7 Å². The average Bonchev–Trinajstić information content (AvgIpc) is 3.19. The Labute approximate surface area is 178 Å². The molecule has 0 bridgehead atoms. The van der Waals surface area contributed by atoms with E-state index in [0.717, 1.165) is 28.3 Å². The van der Waals surface area contributed by atoms with Crippen LogP contribution in [0, 0.1) is 0 Å². The number of H-pyrrole nitrogens is 1. The van der Waals surface area contributed by atoms with Crippen molar-refractivity contribution < 1.29 is 13.5 Å². The molecule has 6 nitrogen and oxygen atoms in total. The third-order valence-corrected chi connectivity index (χ3v) is 6.91. The number of phenols is 1. The topological polar surface area (TPSA) is 99.3 Å². The van der Waals surface area contributed by atoms with E-state index in [1.165, 1.54) is 17.6 Å². The fourth-order valence-corrected chi connectivity index (χ4v) is 4.89. The molecule has 0 radical (unpaired) electrons. The number of hydrogen-bond acceptors (Lipinski definition) is 6. The number of nitrogens with one attached hydrogen (secondary N) is 2. The van der Waals surface area contributed by atoms with Crippen LogP contribution in [0.2, 0.25) is 0 Å². The van der Waals surface area contributed by atoms with Crippen LogP contribution < -0.4 is 10.9 Å². The molecule has 3 N–H and O–H groups in total. The van der Waals surface area contributed by atoms with Gasteiger partial charge in [-0.05, 0) is 47.7 Å². The molecule has 0 amide bonds. The van der Waals surface area contributed by atoms with Crippen molar-refractivity contribution >= 4 is 42.2 Å². The minimum absolute atomic E-state index is 0.122. The average molecular weight is 443 g/mol. The summed E-state index contributed by atoms with van der Waals surface area (Å²) in [6.07, 6.45) is 2.00. The summed E-state index contributed by atoms with van der Waals surface area (Å²) in [6.45, 7) is 1.13. The Morgan fingerprint density at radius 1 is 1.07 bits per heavy atom. The molecule has 4 aromatic rings. The molecule has 0 aliphatic carbocycles. The summed E-state index contributed by atoms with van der Waals surface area (Å²) in [5.74, 6) is 0.295. The number of phenolic OH excluding ortho intramolecular Hbond substituents is 1. The number of aromatic nitrogens is 1. The third-order valence-electron chi connectivity index (χ3n) is 5.06. The van der Waals surface area contributed by atoms with Crippen LogP contribution in [0.1, 0.15) is 5.56 Å². The number of rotatable bonds is 7. The Balaban J connectivity index is 1.61. The van der Waals surface area contributed by atoms with Gasteiger partial charge in [0.1, 0.15) is 20.3 Å². The van der Waals surface area contributed by atoms with E-state index in [1.54, 1.807) is 12.1 Å². The third kappa shape index (κ3) is 4.26. The molecular weight excluding hydrogens is 420 g/mol. The molecule has 0 saturated heterocycles. The monoisotopic (exact) mass is 442 g/mol. The van der Waals surface area contributed by atoms with Gasteiger partial charge >= 0.3 is 0 Å². The van der Waals surface area contributed by atoms with Gasteiger partial charge in [0.25, 0.3) is 5.56 Å². The molecule has 156 valence electrons. The summed E-state index contributed by atoms with van der Waals surface area (Å²) in [6, 6.07) is 13.2. The standard InChI is InChI=1S/C22H22N2O4S2/c1-30(27,28)13-11-23-10-8-14-2-4-15(5-3-14)19-18(25)7-6-17-20(19)16-9-12-29-21(16)22(26)24-17/h2-7,9,12,23,25H,8,10-11,13H2,1H3,(H,24,26). The number of fused-ring (bicyclic) bond motifs is 3. The number of thiophene rings is 1. The van der Waals surface area contributed by atoms with E-state index in [4.69, 9.17) is 0 Å². The number of aromatic amines is 1. The lowest BCUT2D eigenvalue weighted by atomic mass is 9.96. The first-order chi connectivity index (χ1) is 14.3. The van der Waals surface area contributed by atoms with Crippen molar-refractivity contribution in [3.63, 3.8) is 0 Å². The molecule has 0 aliphatic rings. The van der Waals surface area contributed by atoms with Gasteiger partial charge in [-0.2, -0.15) is 0 Å². The van der Waals surface area contributed by atoms with E-state index < -0.39 is 9.84 Å². The van der Waals surface area contributed by atoms with Crippen LogP contribution in [0.25, 0.3) is 32.1 Å². The van der Waals surface area contributed by atoms with Gasteiger partial charge in [-0.1, -0.05) is 24.3 Å². The van der Waals surface area contributed by atoms with Crippen LogP contribution in [0.5, 0.6) is 5.75 Å². The van der Waals surface area contributed by atoms with Crippen molar-refractivity contribution in [1.82, 2.24) is 10.3 Å². The summed E-state index contributed by atoms with van der Waals surface area (Å²) in [5.41, 5.74) is 3.25. The summed E-state index contributed by atoms with van der Waals surface area (Å²) < 4.78 is 23.0. The fraction of sp³-hybridized carbons (Fsp3) is 0.227. The van der Waals surface area contributed by atoms with Crippen LogP contribution in [0.4, 0.5) is 0 Å². The second kappa shape index (κ2) is 8.22. The van der Waals surface area contributed by atoms with Gasteiger partial charge in [0.2, 0.25) is 0 Å². The molecule has 2 aromatic carbocycles. The molecule has 0 fully saturated rings. The highest BCUT2D eigenvalue weighted by Gasteiger charge is 2.15. The van der Waals surface area contributed by atoms with Crippen LogP contribution in [0.3, 0.4) is 0 Å². The van der Waals surface area contributed by atoms with Gasteiger partial charge in [0.05, 0.1) is 5.75 Å². The number of sulfone groups is 1. The number of pyridine rings is 1. The predicted molar refractivity (Wildman–Crippen MR) is 123 cm³/mol. The Bertz CT molecular complexity index is 1370. The molecule has 2 aromatic heterocycles. The molecule has 30 heavy (non-hydrogen) atoms. The highest BCUT2D eigenvalue weighted by Crippen LogP contribution is 2.39. The van der Waals surface area contributed by atoms with Gasteiger partial charge in [0.15, 0.2) is 0 Å². The van der Waals surface area contributed by atoms with E-state index >= 15 is 0 Å². The van der Waals surface area contributed by atoms with Crippen molar-refractivity contribution in [3.05, 3.63) is 63.8 Å². The van der Waals surface area contributed by atoms with Crippen molar-refractivity contribution in [2.75, 3.05) is 25.1 Å². The highest BCUT2D eigenvalue weighted by molar-refractivity contribution is 7.90. The first kappa shape index (κ1) is 20.6. The quantitative estimate of drug-likeness (QED) is 0.382. The summed E-state index contributed by atoms with van der Waals surface area (Å²) in [4.78, 5) is 15.2. The Morgan fingerprint density at radius 3 is 2.57 bits per heavy atom. The van der Waals surface area contributed by atoms with E-state index in [0.29, 0.717) is 28.9 Å². The van der Waals surface area contributed by atoms with Crippen LogP contribution in [-0.4, -0.2) is 43.6 Å². The Morgan fingerprint density at radius 2 is 1.83 bits per heavy atom. The normalized spacial score (nSPS) is 12.0. The lowest BCUT2D eigenvalue weighted by molar-refractivity contribution is 0.478. The molecule has 8 heteroatoms. The lowest BCUT2D eigenvalue weighted by Gasteiger charge is -2.11. The zero-order chi connectivity index (χ0) is 21.3. The molecule has 0 saturated carbocycles. The van der Waals surface area contributed by atoms with Gasteiger partial charge in [-0.25, -0.2) is 8.42 Å². The Hall–Kier alpha value is -2.68. The predicted octanol–water partition coefficient (Wildman–Crippen LogP) is 3.29. The smallest absolute Gasteiger partial charge is 0.266 e. The summed E-state index contributed by atoms with van der Waals surface area (Å²) >= 11 is 1.39. The zero-order valence-corrected chi connectivity index (χ0v) is 18.1. The van der Waals surface area contributed by atoms with E-state index in [-0.39, 0.29) is 17.1 Å². The van der Waals surface area contributed by atoms with Crippen molar-refractivity contribution in [2.45, 2.75) is 6.42 Å². The maximum atomic E-state index is 12.3. The summed E-state index contributed by atoms with van der Waals surface area (Å²) in [5, 5.41) is 17.3. The lowest BCUT2D eigenvalue weighted by Crippen LogP contribution is -2.24. The maximum Gasteiger partial charge on any atom is 0.266 e. The van der Waals surface area contributed by atoms with E-state index in [1.807, 2.05) is 35.7 Å². The minimum atomic E-state index is -2.95. The van der Waals surface area contributed by atoms with Crippen LogP contribution in [0.15, 0.2) is 52.6 Å². The summed E-state index contributed by atoms with van der Waals surface area (Å²) in [7, 11) is -2.95. The molecule has 0 unspecified atom stereocenters. The minimum Gasteiger partial charge on any atom is -0.507 e. The molecule has 0 atom stereocenters. The molecular formula is C22H22N2O4S2. The van der Waals surface area contributed by atoms with Gasteiger partial charge in [-0.15, -0.1) is 11.3 Å². The van der Waals surface area contributed by atoms with E-state index in [2.05, 4.69) is 10.3 Å². The number of hydrogen-bond donors (Lipinski definition) is 3. The van der Waals surface area contributed by atoms with Crippen molar-refractivity contribution in [1.29, 1.82) is 0 Å². The highest BCUT2D eigenvalue weighted by atomic mass is 32.2. The molecule has 0 aliphatic heterocycles. The number of aromatic hydroxyl groups is 1. The second-order valence-corrected chi connectivity index (χ2v) is 10.5. The van der Waals surface area contributed by atoms with Crippen molar-refractivity contribution in [3.8, 4) is 16.9 Å². The molecule has 2 heterocycles. The Kier molecular flexibility index (Phi) is 5.64. The first-order valence-corrected chi connectivity index (χ1v) is 12.5. The zero-order valence-electron chi connectivity index (χ0n) is 16.4. The van der Waals surface area contributed by atoms with Crippen LogP contribution >= 0.6 is 11.3 Å². The molecule has 4 rings (SSSR count). The number of benzene rings is 2. The largest absolute Gasteiger partial charge is 0.507 e. The van der Waals surface area contributed by atoms with Crippen molar-refractivity contribution in [2.24, 2.45) is 0 Å². The molecule has 0 spiro atoms.